The summed E-state index contributed by atoms with van der Waals surface area (Å²) in [7, 11) is -3.70. The number of hydrogen-bond acceptors (Lipinski definition) is 6. The van der Waals surface area contributed by atoms with E-state index in [-0.39, 0.29) is 35.4 Å². The van der Waals surface area contributed by atoms with Gasteiger partial charge in [-0.15, -0.1) is 0 Å². The molecule has 1 aromatic carbocycles. The van der Waals surface area contributed by atoms with E-state index in [0.717, 1.165) is 5.39 Å². The second-order valence-electron chi connectivity index (χ2n) is 6.50. The number of nitrogens with zero attached hydrogens (tertiary/aromatic N) is 3. The predicted molar refractivity (Wildman–Crippen MR) is 96.9 cm³/mol. The first-order chi connectivity index (χ1) is 12.9. The Morgan fingerprint density at radius 3 is 2.44 bits per heavy atom. The summed E-state index contributed by atoms with van der Waals surface area (Å²) >= 11 is 0. The number of piperazine rings is 1. The van der Waals surface area contributed by atoms with Crippen molar-refractivity contribution < 1.29 is 22.2 Å². The third kappa shape index (κ3) is 3.02. The Balaban J connectivity index is 1.49. The van der Waals surface area contributed by atoms with Crippen molar-refractivity contribution in [2.45, 2.75) is 18.7 Å². The summed E-state index contributed by atoms with van der Waals surface area (Å²) in [5, 5.41) is 4.58. The maximum absolute atomic E-state index is 12.9. The Morgan fingerprint density at radius 2 is 1.81 bits per heavy atom. The van der Waals surface area contributed by atoms with Gasteiger partial charge in [0.2, 0.25) is 10.0 Å². The molecular formula is C18H19N3O5S. The Labute approximate surface area is 156 Å². The number of fused-ring (bicyclic) bond motifs is 1. The molecule has 9 heteroatoms. The lowest BCUT2D eigenvalue weighted by molar-refractivity contribution is 0.0668. The molecule has 1 saturated heterocycles. The van der Waals surface area contributed by atoms with Crippen LogP contribution in [0.4, 0.5) is 0 Å². The van der Waals surface area contributed by atoms with Gasteiger partial charge in [0.15, 0.2) is 11.5 Å². The molecule has 142 valence electrons. The summed E-state index contributed by atoms with van der Waals surface area (Å²) in [5.74, 6) is 0.298. The van der Waals surface area contributed by atoms with Crippen molar-refractivity contribution >= 4 is 26.9 Å². The predicted octanol–water partition coefficient (Wildman–Crippen LogP) is 2.18. The fourth-order valence-electron chi connectivity index (χ4n) is 3.35. The molecular weight excluding hydrogens is 370 g/mol. The highest BCUT2D eigenvalue weighted by molar-refractivity contribution is 7.89. The van der Waals surface area contributed by atoms with Crippen molar-refractivity contribution in [2.24, 2.45) is 0 Å². The number of aromatic nitrogens is 1. The Bertz CT molecular complexity index is 1050. The molecule has 1 fully saturated rings. The lowest BCUT2D eigenvalue weighted by Gasteiger charge is -2.33. The normalized spacial score (nSPS) is 16.1. The van der Waals surface area contributed by atoms with Gasteiger partial charge in [-0.25, -0.2) is 8.42 Å². The lowest BCUT2D eigenvalue weighted by Crippen LogP contribution is -2.50. The van der Waals surface area contributed by atoms with Crippen LogP contribution in [0.1, 0.15) is 22.0 Å². The molecule has 3 aromatic rings. The van der Waals surface area contributed by atoms with Gasteiger partial charge in [-0.2, -0.15) is 4.31 Å². The second-order valence-corrected chi connectivity index (χ2v) is 8.37. The van der Waals surface area contributed by atoms with Crippen LogP contribution in [0.5, 0.6) is 0 Å². The van der Waals surface area contributed by atoms with E-state index in [1.807, 2.05) is 18.2 Å². The standard InChI is InChI=1S/C18H19N3O5S/c1-12-17(13(2)26-19-12)27(23,24)21-9-7-20(8-10-21)18(22)16-11-14-5-3-4-6-15(14)25-16/h3-6,11H,7-10H2,1-2H3. The summed E-state index contributed by atoms with van der Waals surface area (Å²) < 4.78 is 37.7. The Morgan fingerprint density at radius 1 is 1.11 bits per heavy atom. The van der Waals surface area contributed by atoms with Crippen molar-refractivity contribution in [3.8, 4) is 0 Å². The summed E-state index contributed by atoms with van der Waals surface area (Å²) in [6.07, 6.45) is 0. The van der Waals surface area contributed by atoms with E-state index in [0.29, 0.717) is 24.4 Å². The molecule has 4 rings (SSSR count). The molecule has 0 bridgehead atoms. The minimum Gasteiger partial charge on any atom is -0.451 e. The van der Waals surface area contributed by atoms with E-state index in [1.54, 1.807) is 30.9 Å². The van der Waals surface area contributed by atoms with Crippen molar-refractivity contribution in [3.05, 3.63) is 47.5 Å². The molecule has 0 saturated carbocycles. The lowest BCUT2D eigenvalue weighted by atomic mass is 10.2. The number of rotatable bonds is 3. The van der Waals surface area contributed by atoms with E-state index < -0.39 is 10.0 Å². The molecule has 2 aromatic heterocycles. The zero-order chi connectivity index (χ0) is 19.2. The minimum atomic E-state index is -3.70. The quantitative estimate of drug-likeness (QED) is 0.681. The Kier molecular flexibility index (Phi) is 4.27. The summed E-state index contributed by atoms with van der Waals surface area (Å²) in [6.45, 7) is 4.17. The van der Waals surface area contributed by atoms with Crippen molar-refractivity contribution in [2.75, 3.05) is 26.2 Å². The number of furan rings is 1. The molecule has 1 aliphatic heterocycles. The fraction of sp³-hybridized carbons (Fsp3) is 0.333. The molecule has 0 unspecified atom stereocenters. The van der Waals surface area contributed by atoms with E-state index >= 15 is 0 Å². The number of amides is 1. The van der Waals surface area contributed by atoms with Gasteiger partial charge in [0.05, 0.1) is 0 Å². The molecule has 0 aliphatic carbocycles. The number of hydrogen-bond donors (Lipinski definition) is 0. The van der Waals surface area contributed by atoms with Gasteiger partial charge >= 0.3 is 0 Å². The number of sulfonamides is 1. The first kappa shape index (κ1) is 17.7. The van der Waals surface area contributed by atoms with Crippen LogP contribution in [0.15, 0.2) is 44.2 Å². The average molecular weight is 389 g/mol. The van der Waals surface area contributed by atoms with Gasteiger partial charge in [0.1, 0.15) is 16.2 Å². The minimum absolute atomic E-state index is 0.111. The maximum Gasteiger partial charge on any atom is 0.289 e. The van der Waals surface area contributed by atoms with Gasteiger partial charge < -0.3 is 13.8 Å². The van der Waals surface area contributed by atoms with Gasteiger partial charge in [0.25, 0.3) is 5.91 Å². The first-order valence-electron chi connectivity index (χ1n) is 8.59. The summed E-state index contributed by atoms with van der Waals surface area (Å²) in [4.78, 5) is 14.4. The van der Waals surface area contributed by atoms with Gasteiger partial charge in [0, 0.05) is 31.6 Å². The molecule has 0 N–H and O–H groups in total. The molecule has 0 spiro atoms. The largest absolute Gasteiger partial charge is 0.451 e. The topological polar surface area (TPSA) is 96.9 Å². The SMILES string of the molecule is Cc1noc(C)c1S(=O)(=O)N1CCN(C(=O)c2cc3ccccc3o2)CC1. The number of carbonyl (C=O) groups is 1. The molecule has 0 atom stereocenters. The molecule has 3 heterocycles. The number of carbonyl (C=O) groups excluding carboxylic acids is 1. The number of benzene rings is 1. The fourth-order valence-corrected chi connectivity index (χ4v) is 5.06. The number of aryl methyl sites for hydroxylation is 2. The van der Waals surface area contributed by atoms with Crippen LogP contribution < -0.4 is 0 Å². The van der Waals surface area contributed by atoms with Crippen molar-refractivity contribution in [1.82, 2.24) is 14.4 Å². The van der Waals surface area contributed by atoms with Crippen LogP contribution in [-0.2, 0) is 10.0 Å². The van der Waals surface area contributed by atoms with Crippen LogP contribution in [-0.4, -0.2) is 54.9 Å². The highest BCUT2D eigenvalue weighted by Crippen LogP contribution is 2.25. The molecule has 1 aliphatic rings. The summed E-state index contributed by atoms with van der Waals surface area (Å²) in [5.41, 5.74) is 0.994. The smallest absolute Gasteiger partial charge is 0.289 e. The van der Waals surface area contributed by atoms with E-state index in [2.05, 4.69) is 5.16 Å². The van der Waals surface area contributed by atoms with E-state index in [1.165, 1.54) is 4.31 Å². The summed E-state index contributed by atoms with van der Waals surface area (Å²) in [6, 6.07) is 9.12. The number of para-hydroxylation sites is 1. The second kappa shape index (κ2) is 6.50. The molecule has 27 heavy (non-hydrogen) atoms. The van der Waals surface area contributed by atoms with Crippen LogP contribution >= 0.6 is 0 Å². The van der Waals surface area contributed by atoms with Crippen molar-refractivity contribution in [3.63, 3.8) is 0 Å². The zero-order valence-corrected chi connectivity index (χ0v) is 15.8. The third-order valence-corrected chi connectivity index (χ3v) is 6.87. The van der Waals surface area contributed by atoms with E-state index in [9.17, 15) is 13.2 Å². The van der Waals surface area contributed by atoms with Crippen LogP contribution in [0.3, 0.4) is 0 Å². The highest BCUT2D eigenvalue weighted by atomic mass is 32.2. The van der Waals surface area contributed by atoms with Crippen molar-refractivity contribution in [1.29, 1.82) is 0 Å². The molecule has 8 nitrogen and oxygen atoms in total. The van der Waals surface area contributed by atoms with Gasteiger partial charge in [-0.05, 0) is 26.0 Å². The first-order valence-corrected chi connectivity index (χ1v) is 10.0. The molecule has 0 radical (unpaired) electrons. The van der Waals surface area contributed by atoms with Gasteiger partial charge in [-0.3, -0.25) is 4.79 Å². The third-order valence-electron chi connectivity index (χ3n) is 4.73. The highest BCUT2D eigenvalue weighted by Gasteiger charge is 2.34. The van der Waals surface area contributed by atoms with E-state index in [4.69, 9.17) is 8.94 Å². The average Bonchev–Trinajstić information content (AvgIpc) is 3.24. The van der Waals surface area contributed by atoms with Crippen LogP contribution in [0.25, 0.3) is 11.0 Å². The molecule has 1 amide bonds. The maximum atomic E-state index is 12.9. The van der Waals surface area contributed by atoms with Crippen LogP contribution in [0.2, 0.25) is 0 Å². The van der Waals surface area contributed by atoms with Gasteiger partial charge in [-0.1, -0.05) is 23.4 Å². The Hall–Kier alpha value is -2.65. The monoisotopic (exact) mass is 389 g/mol. The van der Waals surface area contributed by atoms with Crippen LogP contribution in [0, 0.1) is 13.8 Å². The zero-order valence-electron chi connectivity index (χ0n) is 15.0.